The first-order valence-corrected chi connectivity index (χ1v) is 8.66. The Morgan fingerprint density at radius 1 is 0.929 bits per heavy atom. The van der Waals surface area contributed by atoms with Gasteiger partial charge in [-0.15, -0.1) is 0 Å². The first kappa shape index (κ1) is 19.1. The van der Waals surface area contributed by atoms with Crippen molar-refractivity contribution in [3.8, 4) is 11.8 Å². The fourth-order valence-electron chi connectivity index (χ4n) is 2.30. The SMILES string of the molecule is CC(=O)c1cccc(C#Cc2cc(NC(=O)Nc3ccnc(Cl)c3)ccn2)c1. The number of hydrogen-bond acceptors (Lipinski definition) is 4. The third-order valence-corrected chi connectivity index (χ3v) is 3.81. The van der Waals surface area contributed by atoms with Crippen LogP contribution in [0.3, 0.4) is 0 Å². The van der Waals surface area contributed by atoms with Crippen LogP contribution >= 0.6 is 11.6 Å². The van der Waals surface area contributed by atoms with Crippen molar-refractivity contribution in [3.05, 3.63) is 82.9 Å². The van der Waals surface area contributed by atoms with Gasteiger partial charge in [0.25, 0.3) is 0 Å². The van der Waals surface area contributed by atoms with Gasteiger partial charge in [0, 0.05) is 34.9 Å². The number of carbonyl (C=O) groups is 2. The molecule has 0 bridgehead atoms. The van der Waals surface area contributed by atoms with Crippen LogP contribution in [0, 0.1) is 11.8 Å². The van der Waals surface area contributed by atoms with Gasteiger partial charge in [-0.3, -0.25) is 4.79 Å². The van der Waals surface area contributed by atoms with Gasteiger partial charge in [0.2, 0.25) is 0 Å². The second-order valence-electron chi connectivity index (χ2n) is 5.76. The number of carbonyl (C=O) groups excluding carboxylic acids is 2. The summed E-state index contributed by atoms with van der Waals surface area (Å²) >= 11 is 5.80. The maximum absolute atomic E-state index is 12.1. The second kappa shape index (κ2) is 8.80. The summed E-state index contributed by atoms with van der Waals surface area (Å²) in [6.07, 6.45) is 3.05. The molecule has 0 aliphatic rings. The third kappa shape index (κ3) is 5.40. The Kier molecular flexibility index (Phi) is 6.00. The summed E-state index contributed by atoms with van der Waals surface area (Å²) < 4.78 is 0. The molecule has 0 spiro atoms. The van der Waals surface area contributed by atoms with Crippen molar-refractivity contribution in [2.24, 2.45) is 0 Å². The van der Waals surface area contributed by atoms with E-state index in [9.17, 15) is 9.59 Å². The molecule has 0 atom stereocenters. The lowest BCUT2D eigenvalue weighted by Crippen LogP contribution is -2.19. The van der Waals surface area contributed by atoms with E-state index in [1.807, 2.05) is 6.07 Å². The number of benzene rings is 1. The number of nitrogens with zero attached hydrogens (tertiary/aromatic N) is 2. The Labute approximate surface area is 167 Å². The lowest BCUT2D eigenvalue weighted by molar-refractivity contribution is 0.101. The molecular weight excluding hydrogens is 376 g/mol. The van der Waals surface area contributed by atoms with Crippen LogP contribution < -0.4 is 10.6 Å². The number of Topliss-reactive ketones (excluding diaryl/α,β-unsaturated/α-hetero) is 1. The number of amides is 2. The van der Waals surface area contributed by atoms with Gasteiger partial charge in [-0.05, 0) is 49.2 Å². The van der Waals surface area contributed by atoms with Gasteiger partial charge in [-0.25, -0.2) is 14.8 Å². The van der Waals surface area contributed by atoms with Crippen molar-refractivity contribution in [2.75, 3.05) is 10.6 Å². The van der Waals surface area contributed by atoms with Gasteiger partial charge in [0.15, 0.2) is 5.78 Å². The van der Waals surface area contributed by atoms with Crippen molar-refractivity contribution in [2.45, 2.75) is 6.92 Å². The highest BCUT2D eigenvalue weighted by molar-refractivity contribution is 6.29. The minimum atomic E-state index is -0.429. The van der Waals surface area contributed by atoms with Crippen LogP contribution in [0.5, 0.6) is 0 Å². The van der Waals surface area contributed by atoms with Crippen LogP contribution in [0.1, 0.15) is 28.5 Å². The average Bonchev–Trinajstić information content (AvgIpc) is 2.67. The average molecular weight is 391 g/mol. The minimum Gasteiger partial charge on any atom is -0.308 e. The molecule has 0 fully saturated rings. The normalized spacial score (nSPS) is 9.79. The van der Waals surface area contributed by atoms with E-state index in [0.29, 0.717) is 28.2 Å². The van der Waals surface area contributed by atoms with E-state index in [0.717, 1.165) is 0 Å². The first-order chi connectivity index (χ1) is 13.5. The number of ketones is 1. The number of urea groups is 1. The van der Waals surface area contributed by atoms with Gasteiger partial charge < -0.3 is 10.6 Å². The van der Waals surface area contributed by atoms with Gasteiger partial charge >= 0.3 is 6.03 Å². The molecule has 0 saturated heterocycles. The Balaban J connectivity index is 1.70. The van der Waals surface area contributed by atoms with Crippen LogP contribution in [0.15, 0.2) is 60.9 Å². The summed E-state index contributed by atoms with van der Waals surface area (Å²) in [7, 11) is 0. The quantitative estimate of drug-likeness (QED) is 0.395. The highest BCUT2D eigenvalue weighted by Gasteiger charge is 2.04. The van der Waals surface area contributed by atoms with E-state index in [-0.39, 0.29) is 10.9 Å². The fraction of sp³-hybridized carbons (Fsp3) is 0.0476. The number of anilines is 2. The third-order valence-electron chi connectivity index (χ3n) is 3.61. The topological polar surface area (TPSA) is 84.0 Å². The maximum Gasteiger partial charge on any atom is 0.323 e. The summed E-state index contributed by atoms with van der Waals surface area (Å²) in [6.45, 7) is 1.51. The Morgan fingerprint density at radius 3 is 2.36 bits per heavy atom. The Bertz CT molecular complexity index is 1100. The molecule has 1 aromatic carbocycles. The molecule has 28 heavy (non-hydrogen) atoms. The molecule has 6 nitrogen and oxygen atoms in total. The number of pyridine rings is 2. The van der Waals surface area contributed by atoms with Crippen molar-refractivity contribution in [1.29, 1.82) is 0 Å². The summed E-state index contributed by atoms with van der Waals surface area (Å²) in [5.41, 5.74) is 2.85. The number of aromatic nitrogens is 2. The standard InChI is InChI=1S/C21H15ClN4O2/c1-14(27)16-4-2-3-15(11-16)5-6-17-12-18(7-9-23-17)25-21(28)26-19-8-10-24-20(22)13-19/h2-4,7-13H,1H3,(H2,23,24,25,26,28). The molecule has 7 heteroatoms. The predicted octanol–water partition coefficient (Wildman–Crippen LogP) is 4.38. The molecule has 0 aliphatic carbocycles. The number of halogens is 1. The zero-order valence-electron chi connectivity index (χ0n) is 14.9. The van der Waals surface area contributed by atoms with Gasteiger partial charge in [0.1, 0.15) is 10.8 Å². The fourth-order valence-corrected chi connectivity index (χ4v) is 2.48. The smallest absolute Gasteiger partial charge is 0.308 e. The Morgan fingerprint density at radius 2 is 1.64 bits per heavy atom. The zero-order chi connectivity index (χ0) is 19.9. The monoisotopic (exact) mass is 390 g/mol. The summed E-state index contributed by atoms with van der Waals surface area (Å²) in [5.74, 6) is 5.88. The molecule has 0 aliphatic heterocycles. The molecule has 0 radical (unpaired) electrons. The number of rotatable bonds is 3. The van der Waals surface area contributed by atoms with Crippen LogP contribution in [0.4, 0.5) is 16.2 Å². The largest absolute Gasteiger partial charge is 0.323 e. The summed E-state index contributed by atoms with van der Waals surface area (Å²) in [4.78, 5) is 31.6. The highest BCUT2D eigenvalue weighted by Crippen LogP contribution is 2.13. The molecule has 0 unspecified atom stereocenters. The molecule has 2 amide bonds. The van der Waals surface area contributed by atoms with Crippen LogP contribution in [-0.4, -0.2) is 21.8 Å². The molecule has 3 rings (SSSR count). The van der Waals surface area contributed by atoms with E-state index in [1.165, 1.54) is 13.1 Å². The van der Waals surface area contributed by atoms with Crippen molar-refractivity contribution in [1.82, 2.24) is 9.97 Å². The molecule has 2 aromatic heterocycles. The van der Waals surface area contributed by atoms with Crippen molar-refractivity contribution >= 4 is 34.8 Å². The summed E-state index contributed by atoms with van der Waals surface area (Å²) in [6, 6.07) is 13.1. The van der Waals surface area contributed by atoms with Gasteiger partial charge in [-0.2, -0.15) is 0 Å². The summed E-state index contributed by atoms with van der Waals surface area (Å²) in [5, 5.41) is 5.65. The second-order valence-corrected chi connectivity index (χ2v) is 6.15. The van der Waals surface area contributed by atoms with E-state index < -0.39 is 6.03 Å². The van der Waals surface area contributed by atoms with Crippen LogP contribution in [-0.2, 0) is 0 Å². The molecule has 0 saturated carbocycles. The zero-order valence-corrected chi connectivity index (χ0v) is 15.6. The molecule has 2 heterocycles. The highest BCUT2D eigenvalue weighted by atomic mass is 35.5. The van der Waals surface area contributed by atoms with Crippen molar-refractivity contribution in [3.63, 3.8) is 0 Å². The lowest BCUT2D eigenvalue weighted by Gasteiger charge is -2.07. The van der Waals surface area contributed by atoms with E-state index >= 15 is 0 Å². The molecular formula is C21H15ClN4O2. The van der Waals surface area contributed by atoms with Crippen LogP contribution in [0.2, 0.25) is 5.15 Å². The maximum atomic E-state index is 12.1. The molecule has 2 N–H and O–H groups in total. The van der Waals surface area contributed by atoms with E-state index in [2.05, 4.69) is 32.4 Å². The number of nitrogens with one attached hydrogen (secondary N) is 2. The van der Waals surface area contributed by atoms with E-state index in [1.54, 1.807) is 48.7 Å². The Hall–Kier alpha value is -3.69. The van der Waals surface area contributed by atoms with E-state index in [4.69, 9.17) is 11.6 Å². The van der Waals surface area contributed by atoms with Gasteiger partial charge in [0.05, 0.1) is 0 Å². The molecule has 138 valence electrons. The predicted molar refractivity (Wildman–Crippen MR) is 109 cm³/mol. The first-order valence-electron chi connectivity index (χ1n) is 8.28. The number of hydrogen-bond donors (Lipinski definition) is 2. The van der Waals surface area contributed by atoms with Crippen LogP contribution in [0.25, 0.3) is 0 Å². The van der Waals surface area contributed by atoms with Gasteiger partial charge in [-0.1, -0.05) is 29.7 Å². The molecule has 3 aromatic rings. The lowest BCUT2D eigenvalue weighted by atomic mass is 10.1. The van der Waals surface area contributed by atoms with Crippen molar-refractivity contribution < 1.29 is 9.59 Å². The minimum absolute atomic E-state index is 0.0190.